The Kier molecular flexibility index (Phi) is 2.75. The van der Waals surface area contributed by atoms with Crippen LogP contribution in [0, 0.1) is 6.57 Å². The average Bonchev–Trinajstić information content (AvgIpc) is 2.98. The number of H-pyrrole nitrogens is 1. The summed E-state index contributed by atoms with van der Waals surface area (Å²) >= 11 is 0. The van der Waals surface area contributed by atoms with Crippen molar-refractivity contribution in [3.63, 3.8) is 0 Å². The monoisotopic (exact) mass is 247 g/mol. The van der Waals surface area contributed by atoms with Gasteiger partial charge in [0.05, 0.1) is 0 Å². The molecule has 5 nitrogen and oxygen atoms in total. The van der Waals surface area contributed by atoms with Crippen LogP contribution in [-0.4, -0.2) is 20.2 Å². The summed E-state index contributed by atoms with van der Waals surface area (Å²) in [4.78, 5) is 11.7. The maximum absolute atomic E-state index is 6.96. The lowest BCUT2D eigenvalue weighted by Gasteiger charge is -1.94. The fraction of sp³-hybridized carbons (Fsp3) is 0. The molecular weight excluding hydrogens is 238 g/mol. The van der Waals surface area contributed by atoms with Crippen LogP contribution in [-0.2, 0) is 0 Å². The van der Waals surface area contributed by atoms with Gasteiger partial charge < -0.3 is 4.85 Å². The van der Waals surface area contributed by atoms with Crippen molar-refractivity contribution in [2.24, 2.45) is 0 Å². The van der Waals surface area contributed by atoms with Gasteiger partial charge in [0.1, 0.15) is 6.20 Å². The van der Waals surface area contributed by atoms with Crippen LogP contribution < -0.4 is 0 Å². The molecule has 3 aromatic rings. The van der Waals surface area contributed by atoms with E-state index >= 15 is 0 Å². The molecule has 0 amide bonds. The van der Waals surface area contributed by atoms with Crippen molar-refractivity contribution in [1.82, 2.24) is 20.2 Å². The van der Waals surface area contributed by atoms with Gasteiger partial charge in [0.15, 0.2) is 11.6 Å². The summed E-state index contributed by atoms with van der Waals surface area (Å²) in [5, 5.41) is 7.07. The molecule has 0 fully saturated rings. The van der Waals surface area contributed by atoms with Crippen molar-refractivity contribution in [3.05, 3.63) is 60.1 Å². The van der Waals surface area contributed by atoms with E-state index in [1.807, 2.05) is 30.3 Å². The summed E-state index contributed by atoms with van der Waals surface area (Å²) in [5.41, 5.74) is 1.75. The third-order valence-electron chi connectivity index (χ3n) is 2.65. The minimum Gasteiger partial charge on any atom is -0.361 e. The van der Waals surface area contributed by atoms with Crippen molar-refractivity contribution in [1.29, 1.82) is 0 Å². The first-order valence-electron chi connectivity index (χ1n) is 5.68. The molecule has 2 heterocycles. The third kappa shape index (κ3) is 2.19. The zero-order chi connectivity index (χ0) is 13.1. The molecule has 1 N–H and O–H groups in total. The second-order valence-corrected chi connectivity index (χ2v) is 3.89. The molecule has 19 heavy (non-hydrogen) atoms. The van der Waals surface area contributed by atoms with Crippen LogP contribution >= 0.6 is 0 Å². The van der Waals surface area contributed by atoms with E-state index in [-0.39, 0.29) is 0 Å². The van der Waals surface area contributed by atoms with E-state index in [1.54, 1.807) is 18.3 Å². The summed E-state index contributed by atoms with van der Waals surface area (Å²) in [6, 6.07) is 13.2. The Balaban J connectivity index is 2.00. The Morgan fingerprint density at radius 1 is 1.05 bits per heavy atom. The minimum atomic E-state index is 0.337. The topological polar surface area (TPSA) is 58.8 Å². The Morgan fingerprint density at radius 3 is 2.68 bits per heavy atom. The van der Waals surface area contributed by atoms with E-state index in [2.05, 4.69) is 25.0 Å². The number of hydrogen-bond donors (Lipinski definition) is 1. The van der Waals surface area contributed by atoms with Gasteiger partial charge in [-0.25, -0.2) is 4.98 Å². The number of aromatic nitrogens is 4. The van der Waals surface area contributed by atoms with E-state index < -0.39 is 0 Å². The summed E-state index contributed by atoms with van der Waals surface area (Å²) < 4.78 is 0. The maximum Gasteiger partial charge on any atom is 0.270 e. The van der Waals surface area contributed by atoms with Crippen LogP contribution in [0.15, 0.2) is 48.7 Å². The van der Waals surface area contributed by atoms with Gasteiger partial charge in [-0.05, 0) is 12.1 Å². The zero-order valence-corrected chi connectivity index (χ0v) is 9.91. The highest BCUT2D eigenvalue weighted by molar-refractivity contribution is 5.63. The molecule has 0 spiro atoms. The predicted molar refractivity (Wildman–Crippen MR) is 71.3 cm³/mol. The van der Waals surface area contributed by atoms with Crippen molar-refractivity contribution in [2.75, 3.05) is 0 Å². The first kappa shape index (κ1) is 11.1. The first-order valence-corrected chi connectivity index (χ1v) is 5.68. The summed E-state index contributed by atoms with van der Waals surface area (Å²) in [7, 11) is 0. The molecule has 0 bridgehead atoms. The number of rotatable bonds is 2. The normalized spacial score (nSPS) is 10.1. The second-order valence-electron chi connectivity index (χ2n) is 3.89. The number of hydrogen-bond acceptors (Lipinski definition) is 3. The quantitative estimate of drug-likeness (QED) is 0.708. The smallest absolute Gasteiger partial charge is 0.270 e. The molecule has 0 aliphatic heterocycles. The van der Waals surface area contributed by atoms with Crippen molar-refractivity contribution >= 4 is 5.82 Å². The largest absolute Gasteiger partial charge is 0.361 e. The highest BCUT2D eigenvalue weighted by Gasteiger charge is 2.08. The lowest BCUT2D eigenvalue weighted by atomic mass is 10.2. The molecule has 1 aromatic carbocycles. The predicted octanol–water partition coefficient (Wildman–Crippen LogP) is 3.08. The average molecular weight is 247 g/mol. The van der Waals surface area contributed by atoms with Crippen LogP contribution in [0.3, 0.4) is 0 Å². The van der Waals surface area contributed by atoms with Crippen LogP contribution in [0.4, 0.5) is 5.82 Å². The molecule has 0 unspecified atom stereocenters. The van der Waals surface area contributed by atoms with Gasteiger partial charge >= 0.3 is 0 Å². The van der Waals surface area contributed by atoms with Crippen LogP contribution in [0.5, 0.6) is 0 Å². The molecule has 0 radical (unpaired) electrons. The highest BCUT2D eigenvalue weighted by Crippen LogP contribution is 2.21. The maximum atomic E-state index is 6.96. The summed E-state index contributed by atoms with van der Waals surface area (Å²) in [5.74, 6) is 1.60. The number of nitrogens with one attached hydrogen (secondary N) is 1. The summed E-state index contributed by atoms with van der Waals surface area (Å²) in [6.45, 7) is 6.96. The molecule has 3 rings (SSSR count). The van der Waals surface area contributed by atoms with Crippen LogP contribution in [0.2, 0.25) is 0 Å². The van der Waals surface area contributed by atoms with Gasteiger partial charge in [-0.15, -0.1) is 4.98 Å². The van der Waals surface area contributed by atoms with E-state index in [0.29, 0.717) is 17.5 Å². The van der Waals surface area contributed by atoms with Crippen molar-refractivity contribution in [3.8, 4) is 22.8 Å². The van der Waals surface area contributed by atoms with Gasteiger partial charge in [0, 0.05) is 11.1 Å². The van der Waals surface area contributed by atoms with Gasteiger partial charge in [-0.3, -0.25) is 5.10 Å². The molecule has 0 saturated carbocycles. The Morgan fingerprint density at radius 2 is 1.89 bits per heavy atom. The minimum absolute atomic E-state index is 0.337. The van der Waals surface area contributed by atoms with E-state index in [4.69, 9.17) is 6.57 Å². The molecule has 90 valence electrons. The highest BCUT2D eigenvalue weighted by atomic mass is 15.2. The summed E-state index contributed by atoms with van der Waals surface area (Å²) in [6.07, 6.45) is 1.58. The van der Waals surface area contributed by atoms with Crippen LogP contribution in [0.25, 0.3) is 27.6 Å². The number of nitrogens with zero attached hydrogens (tertiary/aromatic N) is 4. The molecule has 0 saturated heterocycles. The molecule has 5 heteroatoms. The number of aromatic amines is 1. The number of benzene rings is 1. The molecule has 2 aromatic heterocycles. The fourth-order valence-corrected chi connectivity index (χ4v) is 1.73. The lowest BCUT2D eigenvalue weighted by molar-refractivity contribution is 1.10. The van der Waals surface area contributed by atoms with E-state index in [0.717, 1.165) is 11.1 Å². The van der Waals surface area contributed by atoms with Crippen LogP contribution in [0.1, 0.15) is 0 Å². The second kappa shape index (κ2) is 4.70. The standard InChI is InChI=1S/C14H9N5/c1-15-12-9-11(7-8-16-12)14-17-13(18-19-14)10-5-3-2-4-6-10/h2-9H,(H,17,18,19). The molecule has 0 atom stereocenters. The van der Waals surface area contributed by atoms with E-state index in [1.165, 1.54) is 0 Å². The van der Waals surface area contributed by atoms with Gasteiger partial charge in [-0.1, -0.05) is 36.9 Å². The van der Waals surface area contributed by atoms with Crippen molar-refractivity contribution < 1.29 is 0 Å². The molecule has 0 aliphatic rings. The van der Waals surface area contributed by atoms with Gasteiger partial charge in [-0.2, -0.15) is 5.10 Å². The SMILES string of the molecule is [C-]#[N+]c1cc(-c2n[nH]c(-c3ccccc3)n2)ccn1. The Labute approximate surface area is 109 Å². The fourth-order valence-electron chi connectivity index (χ4n) is 1.73. The molecular formula is C14H9N5. The van der Waals surface area contributed by atoms with Gasteiger partial charge in [0.25, 0.3) is 5.82 Å². The third-order valence-corrected chi connectivity index (χ3v) is 2.65. The lowest BCUT2D eigenvalue weighted by Crippen LogP contribution is -1.82. The molecule has 0 aliphatic carbocycles. The van der Waals surface area contributed by atoms with Gasteiger partial charge in [0.2, 0.25) is 0 Å². The van der Waals surface area contributed by atoms with E-state index in [9.17, 15) is 0 Å². The zero-order valence-electron chi connectivity index (χ0n) is 9.91. The number of pyridine rings is 1. The Bertz CT molecular complexity index is 740. The van der Waals surface area contributed by atoms with Crippen molar-refractivity contribution in [2.45, 2.75) is 0 Å². The Hall–Kier alpha value is -3.00. The first-order chi connectivity index (χ1) is 9.36.